The molecule has 0 atom stereocenters. The third kappa shape index (κ3) is 3.66. The van der Waals surface area contributed by atoms with E-state index in [4.69, 9.17) is 10.8 Å². The molecule has 0 radical (unpaired) electrons. The fourth-order valence-corrected chi connectivity index (χ4v) is 0.350. The number of rotatable bonds is 3. The van der Waals surface area contributed by atoms with Gasteiger partial charge >= 0.3 is 5.97 Å². The Morgan fingerprint density at radius 1 is 1.78 bits per heavy atom. The molecule has 0 aromatic heterocycles. The minimum Gasteiger partial charge on any atom is -0.481 e. The van der Waals surface area contributed by atoms with E-state index in [1.807, 2.05) is 0 Å². The number of halogens is 1. The van der Waals surface area contributed by atoms with Crippen molar-refractivity contribution < 1.29 is 14.3 Å². The zero-order chi connectivity index (χ0) is 7.28. The van der Waals surface area contributed by atoms with Gasteiger partial charge in [0.1, 0.15) is 0 Å². The van der Waals surface area contributed by atoms with E-state index in [2.05, 4.69) is 0 Å². The number of carboxylic acids is 1. The van der Waals surface area contributed by atoms with E-state index in [1.54, 1.807) is 0 Å². The van der Waals surface area contributed by atoms with Gasteiger partial charge < -0.3 is 10.8 Å². The summed E-state index contributed by atoms with van der Waals surface area (Å²) in [5.41, 5.74) is 5.06. The topological polar surface area (TPSA) is 63.3 Å². The number of nitrogens with two attached hydrogens (primary N) is 1. The molecular weight excluding hydrogens is 125 g/mol. The maximum atomic E-state index is 11.5. The zero-order valence-corrected chi connectivity index (χ0v) is 4.80. The second kappa shape index (κ2) is 4.03. The van der Waals surface area contributed by atoms with Crippen LogP contribution in [0.15, 0.2) is 11.9 Å². The highest BCUT2D eigenvalue weighted by molar-refractivity contribution is 5.69. The molecule has 0 spiro atoms. The maximum absolute atomic E-state index is 11.5. The Morgan fingerprint density at radius 3 is 2.44 bits per heavy atom. The summed E-state index contributed by atoms with van der Waals surface area (Å²) >= 11 is 0. The lowest BCUT2D eigenvalue weighted by atomic mass is 10.2. The average molecular weight is 133 g/mol. The Morgan fingerprint density at radius 2 is 2.33 bits per heavy atom. The number of carbonyl (C=O) groups is 1. The van der Waals surface area contributed by atoms with E-state index in [0.717, 1.165) is 0 Å². The third-order valence-electron chi connectivity index (χ3n) is 0.795. The van der Waals surface area contributed by atoms with E-state index >= 15 is 0 Å². The van der Waals surface area contributed by atoms with Gasteiger partial charge in [-0.2, -0.15) is 0 Å². The van der Waals surface area contributed by atoms with Crippen LogP contribution in [0, 0.1) is 0 Å². The van der Waals surface area contributed by atoms with Crippen molar-refractivity contribution in [2.75, 3.05) is 6.54 Å². The van der Waals surface area contributed by atoms with Crippen LogP contribution < -0.4 is 5.73 Å². The summed E-state index contributed by atoms with van der Waals surface area (Å²) < 4.78 is 11.5. The lowest BCUT2D eigenvalue weighted by molar-refractivity contribution is -0.136. The van der Waals surface area contributed by atoms with Crippen molar-refractivity contribution in [3.63, 3.8) is 0 Å². The lowest BCUT2D eigenvalue weighted by Crippen LogP contribution is -2.07. The Balaban J connectivity index is 3.71. The molecule has 0 aliphatic rings. The first kappa shape index (κ1) is 8.10. The summed E-state index contributed by atoms with van der Waals surface area (Å²) in [4.78, 5) is 9.86. The molecule has 0 unspecified atom stereocenters. The first-order valence-corrected chi connectivity index (χ1v) is 2.40. The van der Waals surface area contributed by atoms with Crippen LogP contribution in [0.5, 0.6) is 0 Å². The second-order valence-corrected chi connectivity index (χ2v) is 1.54. The van der Waals surface area contributed by atoms with E-state index in [0.29, 0.717) is 0 Å². The van der Waals surface area contributed by atoms with Gasteiger partial charge in [0.05, 0.1) is 12.8 Å². The van der Waals surface area contributed by atoms with Crippen molar-refractivity contribution in [1.29, 1.82) is 0 Å². The summed E-state index contributed by atoms with van der Waals surface area (Å²) in [5.74, 6) is -1.07. The predicted octanol–water partition coefficient (Wildman–Crippen LogP) is 0.273. The van der Waals surface area contributed by atoms with E-state index in [1.165, 1.54) is 0 Å². The largest absolute Gasteiger partial charge is 0.481 e. The van der Waals surface area contributed by atoms with Gasteiger partial charge in [0.25, 0.3) is 0 Å². The smallest absolute Gasteiger partial charge is 0.307 e. The molecule has 0 amide bonds. The predicted molar refractivity (Wildman–Crippen MR) is 30.5 cm³/mol. The van der Waals surface area contributed by atoms with Crippen LogP contribution in [0.25, 0.3) is 0 Å². The molecule has 9 heavy (non-hydrogen) atoms. The van der Waals surface area contributed by atoms with Crippen molar-refractivity contribution in [1.82, 2.24) is 0 Å². The van der Waals surface area contributed by atoms with Crippen molar-refractivity contribution >= 4 is 5.97 Å². The Kier molecular flexibility index (Phi) is 3.62. The highest BCUT2D eigenvalue weighted by Gasteiger charge is 2.00. The van der Waals surface area contributed by atoms with Gasteiger partial charge in [0.15, 0.2) is 0 Å². The molecule has 4 heteroatoms. The molecular formula is C5H8FNO2. The van der Waals surface area contributed by atoms with Crippen LogP contribution in [0.3, 0.4) is 0 Å². The molecule has 0 fully saturated rings. The van der Waals surface area contributed by atoms with Gasteiger partial charge in [-0.25, -0.2) is 4.39 Å². The van der Waals surface area contributed by atoms with E-state index in [-0.39, 0.29) is 24.9 Å². The standard InChI is InChI=1S/C5H8FNO2/c6-2-4(3-7)1-5(8)9/h2H,1,3,7H2,(H,8,9)/b4-2+. The van der Waals surface area contributed by atoms with Crippen molar-refractivity contribution in [3.05, 3.63) is 11.9 Å². The van der Waals surface area contributed by atoms with Gasteiger partial charge in [-0.3, -0.25) is 4.79 Å². The second-order valence-electron chi connectivity index (χ2n) is 1.54. The molecule has 0 aliphatic carbocycles. The summed E-state index contributed by atoms with van der Waals surface area (Å²) in [5, 5.41) is 8.08. The highest BCUT2D eigenvalue weighted by Crippen LogP contribution is 1.97. The Hall–Kier alpha value is -0.900. The molecule has 0 bridgehead atoms. The number of aliphatic carboxylic acids is 1. The molecule has 3 nitrogen and oxygen atoms in total. The summed E-state index contributed by atoms with van der Waals surface area (Å²) in [7, 11) is 0. The molecule has 0 rings (SSSR count). The van der Waals surface area contributed by atoms with Gasteiger partial charge in [0, 0.05) is 6.54 Å². The van der Waals surface area contributed by atoms with Gasteiger partial charge in [-0.05, 0) is 5.57 Å². The first-order chi connectivity index (χ1) is 4.20. The fraction of sp³-hybridized carbons (Fsp3) is 0.400. The molecule has 3 N–H and O–H groups in total. The Bertz CT molecular complexity index is 133. The minimum atomic E-state index is -1.07. The monoisotopic (exact) mass is 133 g/mol. The molecule has 0 aromatic rings. The Labute approximate surface area is 52.0 Å². The number of hydrogen-bond acceptors (Lipinski definition) is 2. The molecule has 0 aliphatic heterocycles. The fourth-order valence-electron chi connectivity index (χ4n) is 0.350. The van der Waals surface area contributed by atoms with E-state index in [9.17, 15) is 9.18 Å². The number of carboxylic acid groups (broad SMARTS) is 1. The number of hydrogen-bond donors (Lipinski definition) is 2. The van der Waals surface area contributed by atoms with Crippen LogP contribution in [0.2, 0.25) is 0 Å². The zero-order valence-electron chi connectivity index (χ0n) is 4.80. The maximum Gasteiger partial charge on any atom is 0.307 e. The SMILES string of the molecule is NC/C(=C/F)CC(=O)O. The summed E-state index contributed by atoms with van der Waals surface area (Å²) in [6.45, 7) is -0.0389. The van der Waals surface area contributed by atoms with Crippen LogP contribution in [0.4, 0.5) is 4.39 Å². The molecule has 0 saturated carbocycles. The summed E-state index contributed by atoms with van der Waals surface area (Å²) in [6.07, 6.45) is -0.0822. The van der Waals surface area contributed by atoms with Crippen LogP contribution in [0.1, 0.15) is 6.42 Å². The van der Waals surface area contributed by atoms with Crippen LogP contribution in [-0.4, -0.2) is 17.6 Å². The van der Waals surface area contributed by atoms with Crippen LogP contribution >= 0.6 is 0 Å². The minimum absolute atomic E-state index is 0.0389. The first-order valence-electron chi connectivity index (χ1n) is 2.40. The van der Waals surface area contributed by atoms with Gasteiger partial charge in [0.2, 0.25) is 0 Å². The average Bonchev–Trinajstić information content (AvgIpc) is 1.82. The quantitative estimate of drug-likeness (QED) is 0.581. The highest BCUT2D eigenvalue weighted by atomic mass is 19.1. The lowest BCUT2D eigenvalue weighted by Gasteiger charge is -1.94. The van der Waals surface area contributed by atoms with Gasteiger partial charge in [-0.15, -0.1) is 0 Å². The van der Waals surface area contributed by atoms with Crippen LogP contribution in [-0.2, 0) is 4.79 Å². The summed E-state index contributed by atoms with van der Waals surface area (Å²) in [6, 6.07) is 0. The van der Waals surface area contributed by atoms with Crippen molar-refractivity contribution in [2.24, 2.45) is 5.73 Å². The molecule has 0 aromatic carbocycles. The molecule has 0 heterocycles. The van der Waals surface area contributed by atoms with Crippen molar-refractivity contribution in [3.8, 4) is 0 Å². The van der Waals surface area contributed by atoms with E-state index < -0.39 is 5.97 Å². The van der Waals surface area contributed by atoms with Gasteiger partial charge in [-0.1, -0.05) is 0 Å². The third-order valence-corrected chi connectivity index (χ3v) is 0.795. The normalized spacial score (nSPS) is 11.6. The molecule has 52 valence electrons. The van der Waals surface area contributed by atoms with Crippen molar-refractivity contribution in [2.45, 2.75) is 6.42 Å². The molecule has 0 saturated heterocycles.